The minimum atomic E-state index is -0.600. The molecule has 4 aromatic rings. The second kappa shape index (κ2) is 7.75. The molecular weight excluding hydrogens is 367 g/mol. The van der Waals surface area contributed by atoms with Crippen LogP contribution in [0, 0.1) is 12.7 Å². The summed E-state index contributed by atoms with van der Waals surface area (Å²) in [4.78, 5) is 24.7. The van der Waals surface area contributed by atoms with Crippen LogP contribution in [0.4, 0.5) is 4.39 Å². The van der Waals surface area contributed by atoms with Gasteiger partial charge in [0.25, 0.3) is 5.91 Å². The van der Waals surface area contributed by atoms with Crippen molar-refractivity contribution in [2.24, 2.45) is 5.73 Å². The van der Waals surface area contributed by atoms with Gasteiger partial charge in [-0.15, -0.1) is 0 Å². The van der Waals surface area contributed by atoms with Crippen molar-refractivity contribution in [1.82, 2.24) is 15.0 Å². The standard InChI is InChI=1S/C23H19FN4O/c1-14-26-12-16(13-27-14)3-2-15-4-9-19-20(17-5-7-18(24)8-6-17)11-22(23(25)29)28-21(19)10-15/h4-13H,2-3H2,1H3,(H2,25,29). The van der Waals surface area contributed by atoms with E-state index in [1.165, 1.54) is 12.1 Å². The Labute approximate surface area is 167 Å². The van der Waals surface area contributed by atoms with Crippen LogP contribution < -0.4 is 5.73 Å². The van der Waals surface area contributed by atoms with E-state index in [-0.39, 0.29) is 11.5 Å². The summed E-state index contributed by atoms with van der Waals surface area (Å²) in [5, 5.41) is 0.879. The Bertz CT molecular complexity index is 1190. The van der Waals surface area contributed by atoms with Crippen molar-refractivity contribution < 1.29 is 9.18 Å². The average Bonchev–Trinajstić information content (AvgIpc) is 2.73. The number of hydrogen-bond acceptors (Lipinski definition) is 4. The molecule has 0 bridgehead atoms. The fourth-order valence-corrected chi connectivity index (χ4v) is 3.26. The summed E-state index contributed by atoms with van der Waals surface area (Å²) in [6.07, 6.45) is 5.25. The Morgan fingerprint density at radius 3 is 2.34 bits per heavy atom. The maximum absolute atomic E-state index is 13.3. The lowest BCUT2D eigenvalue weighted by Crippen LogP contribution is -2.13. The first kappa shape index (κ1) is 18.7. The number of nitrogens with two attached hydrogens (primary N) is 1. The van der Waals surface area contributed by atoms with E-state index in [2.05, 4.69) is 15.0 Å². The van der Waals surface area contributed by atoms with E-state index in [1.54, 1.807) is 18.2 Å². The van der Waals surface area contributed by atoms with E-state index in [9.17, 15) is 9.18 Å². The largest absolute Gasteiger partial charge is 0.364 e. The van der Waals surface area contributed by atoms with Gasteiger partial charge in [-0.3, -0.25) is 4.79 Å². The lowest BCUT2D eigenvalue weighted by molar-refractivity contribution is 0.0996. The zero-order chi connectivity index (χ0) is 20.4. The van der Waals surface area contributed by atoms with Gasteiger partial charge in [0.2, 0.25) is 0 Å². The summed E-state index contributed by atoms with van der Waals surface area (Å²) in [5.74, 6) is -0.168. The molecule has 0 aliphatic carbocycles. The first-order valence-corrected chi connectivity index (χ1v) is 9.26. The number of rotatable bonds is 5. The predicted molar refractivity (Wildman–Crippen MR) is 110 cm³/mol. The number of halogens is 1. The molecule has 4 rings (SSSR count). The van der Waals surface area contributed by atoms with Crippen LogP contribution >= 0.6 is 0 Å². The van der Waals surface area contributed by atoms with Gasteiger partial charge in [-0.1, -0.05) is 24.3 Å². The molecule has 0 unspecified atom stereocenters. The average molecular weight is 386 g/mol. The summed E-state index contributed by atoms with van der Waals surface area (Å²) in [6, 6.07) is 13.8. The molecular formula is C23H19FN4O. The predicted octanol–water partition coefficient (Wildman–Crippen LogP) is 4.02. The molecule has 2 N–H and O–H groups in total. The molecule has 2 aromatic carbocycles. The Kier molecular flexibility index (Phi) is 4.99. The van der Waals surface area contributed by atoms with Gasteiger partial charge in [0, 0.05) is 17.8 Å². The van der Waals surface area contributed by atoms with Crippen LogP contribution in [-0.2, 0) is 12.8 Å². The summed E-state index contributed by atoms with van der Waals surface area (Å²) in [7, 11) is 0. The van der Waals surface area contributed by atoms with Crippen LogP contribution in [0.15, 0.2) is 60.9 Å². The summed E-state index contributed by atoms with van der Waals surface area (Å²) < 4.78 is 13.3. The van der Waals surface area contributed by atoms with Crippen molar-refractivity contribution in [1.29, 1.82) is 0 Å². The van der Waals surface area contributed by atoms with Gasteiger partial charge in [-0.25, -0.2) is 19.3 Å². The van der Waals surface area contributed by atoms with E-state index < -0.39 is 5.91 Å². The van der Waals surface area contributed by atoms with Crippen LogP contribution in [0.1, 0.15) is 27.4 Å². The Morgan fingerprint density at radius 2 is 1.66 bits per heavy atom. The highest BCUT2D eigenvalue weighted by Crippen LogP contribution is 2.29. The topological polar surface area (TPSA) is 81.8 Å². The number of fused-ring (bicyclic) bond motifs is 1. The third-order valence-corrected chi connectivity index (χ3v) is 4.82. The van der Waals surface area contributed by atoms with E-state index >= 15 is 0 Å². The van der Waals surface area contributed by atoms with Gasteiger partial charge in [0.15, 0.2) is 0 Å². The van der Waals surface area contributed by atoms with Crippen LogP contribution in [0.2, 0.25) is 0 Å². The zero-order valence-corrected chi connectivity index (χ0v) is 15.9. The molecule has 2 aromatic heterocycles. The van der Waals surface area contributed by atoms with Crippen molar-refractivity contribution in [2.75, 3.05) is 0 Å². The van der Waals surface area contributed by atoms with E-state index in [1.807, 2.05) is 37.5 Å². The molecule has 29 heavy (non-hydrogen) atoms. The molecule has 0 aliphatic heterocycles. The van der Waals surface area contributed by atoms with Crippen LogP contribution in [0.5, 0.6) is 0 Å². The Hall–Kier alpha value is -3.67. The highest BCUT2D eigenvalue weighted by molar-refractivity contribution is 6.00. The van der Waals surface area contributed by atoms with Crippen molar-refractivity contribution in [3.05, 3.63) is 89.4 Å². The van der Waals surface area contributed by atoms with Crippen LogP contribution in [0.25, 0.3) is 22.0 Å². The molecule has 5 nitrogen and oxygen atoms in total. The fourth-order valence-electron chi connectivity index (χ4n) is 3.26. The molecule has 0 aliphatic rings. The van der Waals surface area contributed by atoms with Gasteiger partial charge in [-0.05, 0) is 66.3 Å². The third-order valence-electron chi connectivity index (χ3n) is 4.82. The van der Waals surface area contributed by atoms with Gasteiger partial charge >= 0.3 is 0 Å². The molecule has 2 heterocycles. The van der Waals surface area contributed by atoms with Crippen LogP contribution in [-0.4, -0.2) is 20.9 Å². The number of hydrogen-bond donors (Lipinski definition) is 1. The number of benzene rings is 2. The second-order valence-corrected chi connectivity index (χ2v) is 6.92. The number of aromatic nitrogens is 3. The monoisotopic (exact) mass is 386 g/mol. The first-order valence-electron chi connectivity index (χ1n) is 9.26. The van der Waals surface area contributed by atoms with Gasteiger partial charge in [-0.2, -0.15) is 0 Å². The van der Waals surface area contributed by atoms with Crippen LogP contribution in [0.3, 0.4) is 0 Å². The van der Waals surface area contributed by atoms with E-state index in [4.69, 9.17) is 5.73 Å². The second-order valence-electron chi connectivity index (χ2n) is 6.92. The lowest BCUT2D eigenvalue weighted by atomic mass is 9.97. The summed E-state index contributed by atoms with van der Waals surface area (Å²) in [5.41, 5.74) is 10.1. The molecule has 6 heteroatoms. The summed E-state index contributed by atoms with van der Waals surface area (Å²) >= 11 is 0. The van der Waals surface area contributed by atoms with Crippen molar-refractivity contribution >= 4 is 16.8 Å². The van der Waals surface area contributed by atoms with E-state index in [0.29, 0.717) is 5.52 Å². The smallest absolute Gasteiger partial charge is 0.267 e. The highest BCUT2D eigenvalue weighted by Gasteiger charge is 2.12. The maximum Gasteiger partial charge on any atom is 0.267 e. The number of pyridine rings is 1. The molecule has 0 saturated carbocycles. The van der Waals surface area contributed by atoms with Gasteiger partial charge in [0.05, 0.1) is 5.52 Å². The number of carbonyl (C=O) groups is 1. The molecule has 144 valence electrons. The van der Waals surface area contributed by atoms with Crippen molar-refractivity contribution in [3.63, 3.8) is 0 Å². The zero-order valence-electron chi connectivity index (χ0n) is 15.9. The fraction of sp³-hybridized carbons (Fsp3) is 0.130. The van der Waals surface area contributed by atoms with E-state index in [0.717, 1.165) is 46.3 Å². The molecule has 0 spiro atoms. The molecule has 0 fully saturated rings. The normalized spacial score (nSPS) is 11.0. The van der Waals surface area contributed by atoms with Crippen molar-refractivity contribution in [3.8, 4) is 11.1 Å². The molecule has 1 amide bonds. The Morgan fingerprint density at radius 1 is 0.966 bits per heavy atom. The first-order chi connectivity index (χ1) is 14.0. The quantitative estimate of drug-likeness (QED) is 0.562. The molecule has 0 radical (unpaired) electrons. The van der Waals surface area contributed by atoms with Crippen molar-refractivity contribution in [2.45, 2.75) is 19.8 Å². The molecule has 0 saturated heterocycles. The maximum atomic E-state index is 13.3. The SMILES string of the molecule is Cc1ncc(CCc2ccc3c(-c4ccc(F)cc4)cc(C(N)=O)nc3c2)cn1. The minimum absolute atomic E-state index is 0.181. The highest BCUT2D eigenvalue weighted by atomic mass is 19.1. The number of carbonyl (C=O) groups excluding carboxylic acids is 1. The lowest BCUT2D eigenvalue weighted by Gasteiger charge is -2.10. The van der Waals surface area contributed by atoms with Gasteiger partial charge < -0.3 is 5.73 Å². The number of aryl methyl sites for hydroxylation is 3. The Balaban J connectivity index is 1.72. The minimum Gasteiger partial charge on any atom is -0.364 e. The number of primary amides is 1. The summed E-state index contributed by atoms with van der Waals surface area (Å²) in [6.45, 7) is 1.85. The number of amides is 1. The molecule has 0 atom stereocenters. The third kappa shape index (κ3) is 4.11. The van der Waals surface area contributed by atoms with Gasteiger partial charge in [0.1, 0.15) is 17.3 Å². The number of nitrogens with zero attached hydrogens (tertiary/aromatic N) is 3.